The van der Waals surface area contributed by atoms with Crippen LogP contribution in [0.3, 0.4) is 0 Å². The van der Waals surface area contributed by atoms with E-state index in [1.807, 2.05) is 37.3 Å². The summed E-state index contributed by atoms with van der Waals surface area (Å²) in [4.78, 5) is 0. The first-order valence-electron chi connectivity index (χ1n) is 7.72. The molecule has 7 heteroatoms. The molecule has 0 spiro atoms. The van der Waals surface area contributed by atoms with Crippen molar-refractivity contribution in [2.45, 2.75) is 6.92 Å². The fraction of sp³-hybridized carbons (Fsp3) is 0.167. The van der Waals surface area contributed by atoms with Crippen LogP contribution in [-0.2, 0) is 0 Å². The van der Waals surface area contributed by atoms with Gasteiger partial charge in [-0.15, -0.1) is 10.2 Å². The molecule has 0 aliphatic heterocycles. The third-order valence-corrected chi connectivity index (χ3v) is 3.64. The summed E-state index contributed by atoms with van der Waals surface area (Å²) in [5.41, 5.74) is 1.85. The normalized spacial score (nSPS) is 11.0. The molecule has 128 valence electrons. The fourth-order valence-corrected chi connectivity index (χ4v) is 2.34. The van der Waals surface area contributed by atoms with Gasteiger partial charge in [0, 0.05) is 10.6 Å². The fourth-order valence-electron chi connectivity index (χ4n) is 2.16. The van der Waals surface area contributed by atoms with Crippen molar-refractivity contribution in [3.63, 3.8) is 0 Å². The predicted octanol–water partition coefficient (Wildman–Crippen LogP) is 3.58. The van der Waals surface area contributed by atoms with E-state index in [4.69, 9.17) is 21.1 Å². The third-order valence-electron chi connectivity index (χ3n) is 3.40. The minimum absolute atomic E-state index is 0.406. The van der Waals surface area contributed by atoms with Crippen molar-refractivity contribution in [1.29, 1.82) is 0 Å². The maximum absolute atomic E-state index is 6.06. The Morgan fingerprint density at radius 2 is 1.76 bits per heavy atom. The van der Waals surface area contributed by atoms with Crippen LogP contribution in [0.4, 0.5) is 0 Å². The number of nitrogens with zero attached hydrogens (tertiary/aromatic N) is 4. The first-order chi connectivity index (χ1) is 12.2. The minimum atomic E-state index is 0.406. The number of aromatic nitrogens is 3. The largest absolute Gasteiger partial charge is 0.490 e. The SMILES string of the molecule is Cc1ccccc1OCCOc1ccc(Cl)cc1/C=N/n1cnnc1. The van der Waals surface area contributed by atoms with Crippen molar-refractivity contribution < 1.29 is 9.47 Å². The molecule has 0 fully saturated rings. The molecule has 25 heavy (non-hydrogen) atoms. The first-order valence-corrected chi connectivity index (χ1v) is 8.10. The van der Waals surface area contributed by atoms with E-state index in [-0.39, 0.29) is 0 Å². The van der Waals surface area contributed by atoms with E-state index >= 15 is 0 Å². The lowest BCUT2D eigenvalue weighted by atomic mass is 10.2. The van der Waals surface area contributed by atoms with Crippen LogP contribution in [0.1, 0.15) is 11.1 Å². The molecule has 0 bridgehead atoms. The average Bonchev–Trinajstić information content (AvgIpc) is 3.13. The molecule has 2 aromatic carbocycles. The minimum Gasteiger partial charge on any atom is -0.490 e. The summed E-state index contributed by atoms with van der Waals surface area (Å²) in [5.74, 6) is 1.53. The van der Waals surface area contributed by atoms with Crippen LogP contribution in [0.15, 0.2) is 60.2 Å². The Morgan fingerprint density at radius 3 is 2.52 bits per heavy atom. The molecule has 0 atom stereocenters. The number of rotatable bonds is 7. The third kappa shape index (κ3) is 4.81. The van der Waals surface area contributed by atoms with Gasteiger partial charge in [0.05, 0.1) is 6.21 Å². The Hall–Kier alpha value is -2.86. The van der Waals surface area contributed by atoms with E-state index in [0.29, 0.717) is 24.0 Å². The van der Waals surface area contributed by atoms with Gasteiger partial charge in [0.1, 0.15) is 37.4 Å². The van der Waals surface area contributed by atoms with Crippen LogP contribution in [0.2, 0.25) is 5.02 Å². The summed E-state index contributed by atoms with van der Waals surface area (Å²) in [5, 5.41) is 12.2. The van der Waals surface area contributed by atoms with Gasteiger partial charge >= 0.3 is 0 Å². The molecule has 6 nitrogen and oxygen atoms in total. The lowest BCUT2D eigenvalue weighted by Gasteiger charge is -2.11. The molecule has 0 saturated heterocycles. The highest BCUT2D eigenvalue weighted by atomic mass is 35.5. The molecule has 0 aliphatic carbocycles. The van der Waals surface area contributed by atoms with Crippen LogP contribution in [-0.4, -0.2) is 34.3 Å². The zero-order chi connectivity index (χ0) is 17.5. The lowest BCUT2D eigenvalue weighted by Crippen LogP contribution is -2.10. The number of ether oxygens (including phenoxy) is 2. The predicted molar refractivity (Wildman–Crippen MR) is 96.6 cm³/mol. The van der Waals surface area contributed by atoms with Crippen molar-refractivity contribution in [3.05, 3.63) is 71.3 Å². The average molecular weight is 357 g/mol. The summed E-state index contributed by atoms with van der Waals surface area (Å²) in [6, 6.07) is 13.2. The van der Waals surface area contributed by atoms with Crippen molar-refractivity contribution in [2.75, 3.05) is 13.2 Å². The number of halogens is 1. The lowest BCUT2D eigenvalue weighted by molar-refractivity contribution is 0.216. The highest BCUT2D eigenvalue weighted by Crippen LogP contribution is 2.22. The molecular formula is C18H17ClN4O2. The maximum Gasteiger partial charge on any atom is 0.141 e. The van der Waals surface area contributed by atoms with Crippen molar-refractivity contribution in [3.8, 4) is 11.5 Å². The molecule has 0 radical (unpaired) electrons. The van der Waals surface area contributed by atoms with Gasteiger partial charge in [0.25, 0.3) is 0 Å². The zero-order valence-corrected chi connectivity index (χ0v) is 14.4. The van der Waals surface area contributed by atoms with Gasteiger partial charge < -0.3 is 9.47 Å². The Morgan fingerprint density at radius 1 is 1.04 bits per heavy atom. The number of hydrogen-bond donors (Lipinski definition) is 0. The van der Waals surface area contributed by atoms with Crippen LogP contribution >= 0.6 is 11.6 Å². The summed E-state index contributed by atoms with van der Waals surface area (Å²) >= 11 is 6.06. The second-order valence-corrected chi connectivity index (χ2v) is 5.67. The number of benzene rings is 2. The summed E-state index contributed by atoms with van der Waals surface area (Å²) in [6.07, 6.45) is 4.64. The molecule has 0 N–H and O–H groups in total. The van der Waals surface area contributed by atoms with Gasteiger partial charge in [-0.05, 0) is 36.8 Å². The van der Waals surface area contributed by atoms with Gasteiger partial charge in [-0.25, -0.2) is 4.68 Å². The Kier molecular flexibility index (Phi) is 5.64. The highest BCUT2D eigenvalue weighted by Gasteiger charge is 2.04. The molecule has 3 rings (SSSR count). The summed E-state index contributed by atoms with van der Waals surface area (Å²) in [7, 11) is 0. The standard InChI is InChI=1S/C18H17ClN4O2/c1-14-4-2-3-5-17(14)24-8-9-25-18-7-6-16(19)10-15(18)11-22-23-12-20-21-13-23/h2-7,10-13H,8-9H2,1H3/b22-11+. The van der Waals surface area contributed by atoms with Crippen molar-refractivity contribution in [2.24, 2.45) is 5.10 Å². The second-order valence-electron chi connectivity index (χ2n) is 5.23. The molecule has 0 aliphatic rings. The van der Waals surface area contributed by atoms with E-state index in [0.717, 1.165) is 16.9 Å². The van der Waals surface area contributed by atoms with E-state index in [1.165, 1.54) is 17.3 Å². The molecule has 3 aromatic rings. The topological polar surface area (TPSA) is 61.5 Å². The summed E-state index contributed by atoms with van der Waals surface area (Å²) < 4.78 is 13.0. The zero-order valence-electron chi connectivity index (χ0n) is 13.7. The quantitative estimate of drug-likeness (QED) is 0.479. The second kappa shape index (κ2) is 8.30. The maximum atomic E-state index is 6.06. The van der Waals surface area contributed by atoms with Gasteiger partial charge in [0.2, 0.25) is 0 Å². The van der Waals surface area contributed by atoms with Crippen LogP contribution in [0.5, 0.6) is 11.5 Å². The Labute approximate surface area is 150 Å². The number of para-hydroxylation sites is 1. The van der Waals surface area contributed by atoms with E-state index in [9.17, 15) is 0 Å². The van der Waals surface area contributed by atoms with Crippen molar-refractivity contribution >= 4 is 17.8 Å². The molecule has 0 saturated carbocycles. The Balaban J connectivity index is 1.61. The smallest absolute Gasteiger partial charge is 0.141 e. The van der Waals surface area contributed by atoms with Crippen LogP contribution < -0.4 is 9.47 Å². The van der Waals surface area contributed by atoms with Gasteiger partial charge in [-0.1, -0.05) is 29.8 Å². The Bertz CT molecular complexity index is 850. The molecule has 1 aromatic heterocycles. The van der Waals surface area contributed by atoms with Gasteiger partial charge in [0.15, 0.2) is 0 Å². The van der Waals surface area contributed by atoms with Crippen LogP contribution in [0.25, 0.3) is 0 Å². The number of hydrogen-bond acceptors (Lipinski definition) is 5. The summed E-state index contributed by atoms with van der Waals surface area (Å²) in [6.45, 7) is 2.86. The van der Waals surface area contributed by atoms with Crippen LogP contribution in [0, 0.1) is 6.92 Å². The van der Waals surface area contributed by atoms with Gasteiger partial charge in [-0.3, -0.25) is 0 Å². The number of aryl methyl sites for hydroxylation is 1. The first kappa shape index (κ1) is 17.0. The highest BCUT2D eigenvalue weighted by molar-refractivity contribution is 6.30. The van der Waals surface area contributed by atoms with Gasteiger partial charge in [-0.2, -0.15) is 5.10 Å². The molecule has 0 amide bonds. The van der Waals surface area contributed by atoms with E-state index in [1.54, 1.807) is 18.3 Å². The molecule has 1 heterocycles. The molecule has 0 unspecified atom stereocenters. The van der Waals surface area contributed by atoms with E-state index < -0.39 is 0 Å². The monoisotopic (exact) mass is 356 g/mol. The van der Waals surface area contributed by atoms with Crippen molar-refractivity contribution in [1.82, 2.24) is 14.9 Å². The van der Waals surface area contributed by atoms with E-state index in [2.05, 4.69) is 15.3 Å². The molecular weight excluding hydrogens is 340 g/mol.